The first-order chi connectivity index (χ1) is 9.70. The molecule has 0 radical (unpaired) electrons. The third-order valence-electron chi connectivity index (χ3n) is 3.04. The van der Waals surface area contributed by atoms with Gasteiger partial charge in [0.15, 0.2) is 0 Å². The van der Waals surface area contributed by atoms with Crippen LogP contribution >= 0.6 is 11.6 Å². The van der Waals surface area contributed by atoms with Crippen molar-refractivity contribution in [2.75, 3.05) is 5.88 Å². The van der Waals surface area contributed by atoms with E-state index in [0.29, 0.717) is 18.2 Å². The van der Waals surface area contributed by atoms with E-state index >= 15 is 0 Å². The van der Waals surface area contributed by atoms with Crippen LogP contribution in [0.4, 0.5) is 0 Å². The van der Waals surface area contributed by atoms with Crippen molar-refractivity contribution in [3.63, 3.8) is 0 Å². The van der Waals surface area contributed by atoms with E-state index in [0.717, 1.165) is 5.56 Å². The number of rotatable bonds is 3. The van der Waals surface area contributed by atoms with Crippen molar-refractivity contribution in [1.82, 2.24) is 4.98 Å². The van der Waals surface area contributed by atoms with Crippen molar-refractivity contribution >= 4 is 11.6 Å². The van der Waals surface area contributed by atoms with Crippen LogP contribution in [0.2, 0.25) is 0 Å². The van der Waals surface area contributed by atoms with Crippen molar-refractivity contribution in [2.24, 2.45) is 0 Å². The summed E-state index contributed by atoms with van der Waals surface area (Å²) in [6, 6.07) is 8.11. The van der Waals surface area contributed by atoms with Crippen LogP contribution in [0.3, 0.4) is 0 Å². The van der Waals surface area contributed by atoms with Crippen LogP contribution in [0.5, 0.6) is 5.75 Å². The largest absolute Gasteiger partial charge is 0.487 e. The van der Waals surface area contributed by atoms with E-state index in [4.69, 9.17) is 16.3 Å². The summed E-state index contributed by atoms with van der Waals surface area (Å²) < 4.78 is 5.81. The molecule has 1 aromatic heterocycles. The first-order valence-corrected chi connectivity index (χ1v) is 6.92. The first kappa shape index (κ1) is 14.4. The molecule has 2 nitrogen and oxygen atoms in total. The SMILES string of the molecule is Cc1cccc(C)c1COc1cncc(C#CCCl)c1. The molecule has 1 aromatic carbocycles. The van der Waals surface area contributed by atoms with Crippen molar-refractivity contribution < 1.29 is 4.74 Å². The second-order valence-electron chi connectivity index (χ2n) is 4.50. The Labute approximate surface area is 124 Å². The Kier molecular flexibility index (Phi) is 5.03. The number of pyridine rings is 1. The fraction of sp³-hybridized carbons (Fsp3) is 0.235. The minimum absolute atomic E-state index is 0.313. The minimum Gasteiger partial charge on any atom is -0.487 e. The Balaban J connectivity index is 2.11. The summed E-state index contributed by atoms with van der Waals surface area (Å²) in [5.74, 6) is 6.76. The minimum atomic E-state index is 0.313. The van der Waals surface area contributed by atoms with Gasteiger partial charge in [-0.1, -0.05) is 30.0 Å². The summed E-state index contributed by atoms with van der Waals surface area (Å²) >= 11 is 5.54. The van der Waals surface area contributed by atoms with E-state index in [1.807, 2.05) is 6.07 Å². The highest BCUT2D eigenvalue weighted by molar-refractivity contribution is 6.19. The number of aromatic nitrogens is 1. The van der Waals surface area contributed by atoms with Crippen LogP contribution in [0.1, 0.15) is 22.3 Å². The molecular weight excluding hydrogens is 270 g/mol. The van der Waals surface area contributed by atoms with Crippen LogP contribution in [-0.2, 0) is 6.61 Å². The number of benzene rings is 1. The number of hydrogen-bond acceptors (Lipinski definition) is 2. The van der Waals surface area contributed by atoms with Gasteiger partial charge in [-0.3, -0.25) is 4.98 Å². The molecule has 102 valence electrons. The van der Waals surface area contributed by atoms with Crippen LogP contribution in [0, 0.1) is 25.7 Å². The first-order valence-electron chi connectivity index (χ1n) is 6.38. The number of halogens is 1. The van der Waals surface area contributed by atoms with Crippen LogP contribution < -0.4 is 4.74 Å². The van der Waals surface area contributed by atoms with Gasteiger partial charge in [-0.15, -0.1) is 11.6 Å². The van der Waals surface area contributed by atoms with Gasteiger partial charge >= 0.3 is 0 Å². The average molecular weight is 286 g/mol. The lowest BCUT2D eigenvalue weighted by atomic mass is 10.0. The Morgan fingerprint density at radius 2 is 1.95 bits per heavy atom. The highest BCUT2D eigenvalue weighted by Crippen LogP contribution is 2.17. The van der Waals surface area contributed by atoms with Gasteiger partial charge < -0.3 is 4.74 Å². The molecular formula is C17H16ClNO. The second kappa shape index (κ2) is 6.98. The molecule has 0 aliphatic carbocycles. The number of nitrogens with zero attached hydrogens (tertiary/aromatic N) is 1. The van der Waals surface area contributed by atoms with Gasteiger partial charge in [0, 0.05) is 11.8 Å². The number of hydrogen-bond donors (Lipinski definition) is 0. The van der Waals surface area contributed by atoms with Crippen LogP contribution in [0.25, 0.3) is 0 Å². The Hall–Kier alpha value is -1.98. The number of ether oxygens (including phenoxy) is 1. The maximum atomic E-state index is 5.81. The smallest absolute Gasteiger partial charge is 0.139 e. The predicted molar refractivity (Wildman–Crippen MR) is 82.1 cm³/mol. The molecule has 2 rings (SSSR count). The molecule has 0 saturated carbocycles. The van der Waals surface area contributed by atoms with E-state index in [2.05, 4.69) is 48.9 Å². The molecule has 0 unspecified atom stereocenters. The molecule has 0 atom stereocenters. The topological polar surface area (TPSA) is 22.1 Å². The molecule has 0 N–H and O–H groups in total. The fourth-order valence-electron chi connectivity index (χ4n) is 1.93. The summed E-state index contributed by atoms with van der Waals surface area (Å²) in [6.07, 6.45) is 3.39. The van der Waals surface area contributed by atoms with Crippen molar-refractivity contribution in [1.29, 1.82) is 0 Å². The molecule has 3 heteroatoms. The maximum Gasteiger partial charge on any atom is 0.139 e. The van der Waals surface area contributed by atoms with Crippen molar-refractivity contribution in [3.8, 4) is 17.6 Å². The fourth-order valence-corrected chi connectivity index (χ4v) is 2.00. The van der Waals surface area contributed by atoms with Gasteiger partial charge in [0.2, 0.25) is 0 Å². The highest BCUT2D eigenvalue weighted by atomic mass is 35.5. The molecule has 20 heavy (non-hydrogen) atoms. The zero-order chi connectivity index (χ0) is 14.4. The normalized spacial score (nSPS) is 9.75. The van der Waals surface area contributed by atoms with Crippen molar-refractivity contribution in [2.45, 2.75) is 20.5 Å². The summed E-state index contributed by atoms with van der Waals surface area (Å²) in [5.41, 5.74) is 4.49. The molecule has 0 bridgehead atoms. The zero-order valence-corrected chi connectivity index (χ0v) is 12.4. The second-order valence-corrected chi connectivity index (χ2v) is 4.77. The molecule has 0 aliphatic heterocycles. The molecule has 0 amide bonds. The molecule has 2 aromatic rings. The summed E-state index contributed by atoms with van der Waals surface area (Å²) in [6.45, 7) is 4.71. The van der Waals surface area contributed by atoms with Gasteiger partial charge in [-0.25, -0.2) is 0 Å². The van der Waals surface area contributed by atoms with Gasteiger partial charge in [0.25, 0.3) is 0 Å². The molecule has 0 spiro atoms. The van der Waals surface area contributed by atoms with Crippen LogP contribution in [-0.4, -0.2) is 10.9 Å². The highest BCUT2D eigenvalue weighted by Gasteiger charge is 2.03. The van der Waals surface area contributed by atoms with Gasteiger partial charge in [0.05, 0.1) is 12.1 Å². The van der Waals surface area contributed by atoms with Crippen LogP contribution in [0.15, 0.2) is 36.7 Å². The van der Waals surface area contributed by atoms with E-state index < -0.39 is 0 Å². The molecule has 1 heterocycles. The average Bonchev–Trinajstić information content (AvgIpc) is 2.45. The monoisotopic (exact) mass is 285 g/mol. The third kappa shape index (κ3) is 3.76. The van der Waals surface area contributed by atoms with E-state index in [1.54, 1.807) is 12.4 Å². The summed E-state index contributed by atoms with van der Waals surface area (Å²) in [4.78, 5) is 4.12. The van der Waals surface area contributed by atoms with E-state index in [9.17, 15) is 0 Å². The van der Waals surface area contributed by atoms with Gasteiger partial charge in [0.1, 0.15) is 12.4 Å². The zero-order valence-electron chi connectivity index (χ0n) is 11.6. The number of aryl methyl sites for hydroxylation is 2. The third-order valence-corrected chi connectivity index (χ3v) is 3.17. The Morgan fingerprint density at radius 1 is 1.20 bits per heavy atom. The summed E-state index contributed by atoms with van der Waals surface area (Å²) in [7, 11) is 0. The lowest BCUT2D eigenvalue weighted by Crippen LogP contribution is -2.01. The molecule has 0 fully saturated rings. The van der Waals surface area contributed by atoms with E-state index in [1.165, 1.54) is 16.7 Å². The van der Waals surface area contributed by atoms with Crippen molar-refractivity contribution in [3.05, 3.63) is 58.9 Å². The standard InChI is InChI=1S/C17H16ClNO/c1-13-5-3-6-14(2)17(13)12-20-16-9-15(7-4-8-18)10-19-11-16/h3,5-6,9-11H,8,12H2,1-2H3. The van der Waals surface area contributed by atoms with Gasteiger partial charge in [-0.2, -0.15) is 0 Å². The predicted octanol–water partition coefficient (Wildman–Crippen LogP) is 3.87. The quantitative estimate of drug-likeness (QED) is 0.631. The summed E-state index contributed by atoms with van der Waals surface area (Å²) in [5, 5.41) is 0. The number of alkyl halides is 1. The lowest BCUT2D eigenvalue weighted by molar-refractivity contribution is 0.303. The van der Waals surface area contributed by atoms with Gasteiger partial charge in [-0.05, 0) is 36.6 Å². The lowest BCUT2D eigenvalue weighted by Gasteiger charge is -2.11. The molecule has 0 saturated heterocycles. The Bertz CT molecular complexity index is 635. The van der Waals surface area contributed by atoms with E-state index in [-0.39, 0.29) is 0 Å². The molecule has 0 aliphatic rings. The maximum absolute atomic E-state index is 5.81. The Morgan fingerprint density at radius 3 is 2.65 bits per heavy atom.